The average Bonchev–Trinajstić information content (AvgIpc) is 3.31. The zero-order chi connectivity index (χ0) is 36.5. The van der Waals surface area contributed by atoms with E-state index in [-0.39, 0.29) is 17.1 Å². The number of rotatable bonds is 31. The molecule has 0 aliphatic rings. The second-order valence-corrected chi connectivity index (χ2v) is 14.5. The van der Waals surface area contributed by atoms with Gasteiger partial charge in [0.15, 0.2) is 5.75 Å². The fourth-order valence-corrected chi connectivity index (χ4v) is 6.44. The summed E-state index contributed by atoms with van der Waals surface area (Å²) in [5, 5.41) is 0. The molecule has 0 fully saturated rings. The van der Waals surface area contributed by atoms with Gasteiger partial charge in [-0.15, -0.1) is 0 Å². The Balaban J connectivity index is 1.55. The van der Waals surface area contributed by atoms with Crippen LogP contribution in [-0.4, -0.2) is 12.6 Å². The van der Waals surface area contributed by atoms with Gasteiger partial charge in [-0.1, -0.05) is 186 Å². The number of hydrogen-bond donors (Lipinski definition) is 0. The van der Waals surface area contributed by atoms with Crippen molar-refractivity contribution >= 4 is 5.97 Å². The highest BCUT2D eigenvalue weighted by Crippen LogP contribution is 2.16. The van der Waals surface area contributed by atoms with E-state index in [0.29, 0.717) is 12.0 Å². The van der Waals surface area contributed by atoms with Gasteiger partial charge in [-0.05, 0) is 61.4 Å². The van der Waals surface area contributed by atoms with Crippen molar-refractivity contribution in [3.05, 3.63) is 69.9 Å². The van der Waals surface area contributed by atoms with Gasteiger partial charge < -0.3 is 9.47 Å². The monoisotopic (exact) mass is 701 g/mol. The standard InChI is InChI=1S/C47H72O4/c1-3-5-7-9-11-13-15-17-19-21-23-25-27-29-41-50-44-37-33-42(34-38-44)31-32-43-35-39-45(48)46(40-36-43)51-47(49)30-28-26-24-22-20-18-16-14-12-10-8-6-4-2/h33-40H,3-30,41H2,1-2H3. The molecule has 0 aromatic heterocycles. The van der Waals surface area contributed by atoms with Crippen LogP contribution >= 0.6 is 0 Å². The Morgan fingerprint density at radius 3 is 1.29 bits per heavy atom. The summed E-state index contributed by atoms with van der Waals surface area (Å²) in [6, 6.07) is 14.2. The average molecular weight is 701 g/mol. The number of carbonyl (C=O) groups excluding carboxylic acids is 1. The van der Waals surface area contributed by atoms with Crippen LogP contribution in [0.15, 0.2) is 53.3 Å². The summed E-state index contributed by atoms with van der Waals surface area (Å²) >= 11 is 0. The Morgan fingerprint density at radius 1 is 0.471 bits per heavy atom. The van der Waals surface area contributed by atoms with Crippen molar-refractivity contribution in [2.24, 2.45) is 0 Å². The highest BCUT2D eigenvalue weighted by molar-refractivity contribution is 5.72. The number of carbonyl (C=O) groups is 1. The number of benzene rings is 1. The fraction of sp³-hybridized carbons (Fsp3) is 0.660. The number of unbranched alkanes of at least 4 members (excludes halogenated alkanes) is 25. The Kier molecular flexibility index (Phi) is 27.4. The van der Waals surface area contributed by atoms with Crippen LogP contribution in [0, 0.1) is 11.8 Å². The van der Waals surface area contributed by atoms with E-state index in [0.717, 1.165) is 43.6 Å². The molecule has 0 bridgehead atoms. The molecule has 2 aromatic carbocycles. The first-order valence-corrected chi connectivity index (χ1v) is 21.2. The number of esters is 1. The predicted octanol–water partition coefficient (Wildman–Crippen LogP) is 13.7. The zero-order valence-electron chi connectivity index (χ0n) is 32.8. The summed E-state index contributed by atoms with van der Waals surface area (Å²) in [4.78, 5) is 24.9. The second kappa shape index (κ2) is 31.7. The van der Waals surface area contributed by atoms with Crippen molar-refractivity contribution in [1.29, 1.82) is 0 Å². The van der Waals surface area contributed by atoms with E-state index in [2.05, 4.69) is 25.7 Å². The molecule has 0 atom stereocenters. The van der Waals surface area contributed by atoms with Gasteiger partial charge in [0.1, 0.15) is 5.75 Å². The largest absolute Gasteiger partial charge is 0.494 e. The van der Waals surface area contributed by atoms with Gasteiger partial charge in [0.2, 0.25) is 5.43 Å². The lowest BCUT2D eigenvalue weighted by molar-refractivity contribution is -0.134. The minimum absolute atomic E-state index is 0.0584. The van der Waals surface area contributed by atoms with Crippen LogP contribution in [0.25, 0.3) is 0 Å². The summed E-state index contributed by atoms with van der Waals surface area (Å²) in [5.74, 6) is 6.85. The highest BCUT2D eigenvalue weighted by atomic mass is 16.5. The molecule has 0 aliphatic heterocycles. The Morgan fingerprint density at radius 2 is 0.843 bits per heavy atom. The van der Waals surface area contributed by atoms with Crippen LogP contribution in [0.4, 0.5) is 0 Å². The van der Waals surface area contributed by atoms with Crippen LogP contribution in [-0.2, 0) is 4.79 Å². The maximum absolute atomic E-state index is 12.5. The lowest BCUT2D eigenvalue weighted by Gasteiger charge is -2.06. The summed E-state index contributed by atoms with van der Waals surface area (Å²) in [7, 11) is 0. The van der Waals surface area contributed by atoms with Crippen molar-refractivity contribution in [2.75, 3.05) is 6.61 Å². The lowest BCUT2D eigenvalue weighted by Crippen LogP contribution is -2.12. The molecule has 0 radical (unpaired) electrons. The van der Waals surface area contributed by atoms with E-state index in [1.807, 2.05) is 24.3 Å². The van der Waals surface area contributed by atoms with E-state index in [1.165, 1.54) is 154 Å². The van der Waals surface area contributed by atoms with Crippen LogP contribution in [0.1, 0.15) is 205 Å². The Bertz CT molecular complexity index is 1260. The molecule has 0 amide bonds. The molecule has 0 saturated carbocycles. The van der Waals surface area contributed by atoms with E-state index >= 15 is 0 Å². The molecule has 2 rings (SSSR count). The molecule has 284 valence electrons. The number of hydrogen-bond acceptors (Lipinski definition) is 4. The summed E-state index contributed by atoms with van der Waals surface area (Å²) in [5.41, 5.74) is 1.24. The molecule has 0 N–H and O–H groups in total. The first-order valence-electron chi connectivity index (χ1n) is 21.2. The van der Waals surface area contributed by atoms with Crippen molar-refractivity contribution in [2.45, 2.75) is 194 Å². The molecular weight excluding hydrogens is 629 g/mol. The van der Waals surface area contributed by atoms with E-state index in [1.54, 1.807) is 18.2 Å². The first-order chi connectivity index (χ1) is 25.1. The van der Waals surface area contributed by atoms with Gasteiger partial charge in [0, 0.05) is 17.5 Å². The summed E-state index contributed by atoms with van der Waals surface area (Å²) < 4.78 is 11.4. The normalized spacial score (nSPS) is 10.9. The summed E-state index contributed by atoms with van der Waals surface area (Å²) in [6.45, 7) is 5.29. The minimum Gasteiger partial charge on any atom is -0.494 e. The smallest absolute Gasteiger partial charge is 0.311 e. The fourth-order valence-electron chi connectivity index (χ4n) is 6.44. The van der Waals surface area contributed by atoms with Crippen LogP contribution in [0.2, 0.25) is 0 Å². The third-order valence-electron chi connectivity index (χ3n) is 9.75. The Labute approximate surface area is 312 Å². The van der Waals surface area contributed by atoms with Gasteiger partial charge >= 0.3 is 5.97 Å². The summed E-state index contributed by atoms with van der Waals surface area (Å²) in [6.07, 6.45) is 35.6. The third kappa shape index (κ3) is 24.7. The van der Waals surface area contributed by atoms with Crippen LogP contribution in [0.5, 0.6) is 11.5 Å². The van der Waals surface area contributed by atoms with Crippen LogP contribution in [0.3, 0.4) is 0 Å². The molecule has 4 heteroatoms. The zero-order valence-corrected chi connectivity index (χ0v) is 32.8. The molecule has 51 heavy (non-hydrogen) atoms. The third-order valence-corrected chi connectivity index (χ3v) is 9.75. The second-order valence-electron chi connectivity index (χ2n) is 14.5. The van der Waals surface area contributed by atoms with Crippen molar-refractivity contribution < 1.29 is 14.3 Å². The predicted molar refractivity (Wildman–Crippen MR) is 217 cm³/mol. The van der Waals surface area contributed by atoms with Gasteiger partial charge in [0.05, 0.1) is 6.61 Å². The quantitative estimate of drug-likeness (QED) is 0.0446. The van der Waals surface area contributed by atoms with E-state index in [9.17, 15) is 9.59 Å². The van der Waals surface area contributed by atoms with E-state index < -0.39 is 0 Å². The van der Waals surface area contributed by atoms with Gasteiger partial charge in [0.25, 0.3) is 0 Å². The molecule has 0 aliphatic carbocycles. The first kappa shape index (κ1) is 44.1. The SMILES string of the molecule is CCCCCCCCCCCCCCCCOc1ccc(C#Cc2ccc(OC(=O)CCCCCCCCCCCCCCC)c(=O)cc2)cc1. The van der Waals surface area contributed by atoms with Crippen molar-refractivity contribution in [3.8, 4) is 23.3 Å². The van der Waals surface area contributed by atoms with Gasteiger partial charge in [-0.25, -0.2) is 0 Å². The molecule has 0 spiro atoms. The molecule has 4 nitrogen and oxygen atoms in total. The minimum atomic E-state index is -0.347. The van der Waals surface area contributed by atoms with E-state index in [4.69, 9.17) is 9.47 Å². The Hall–Kier alpha value is -3.06. The lowest BCUT2D eigenvalue weighted by atomic mass is 10.0. The topological polar surface area (TPSA) is 52.6 Å². The number of ether oxygens (including phenoxy) is 2. The molecule has 2 aromatic rings. The molecule has 0 heterocycles. The highest BCUT2D eigenvalue weighted by Gasteiger charge is 2.07. The maximum atomic E-state index is 12.5. The van der Waals surface area contributed by atoms with Gasteiger partial charge in [-0.2, -0.15) is 0 Å². The van der Waals surface area contributed by atoms with Crippen LogP contribution < -0.4 is 14.9 Å². The molecule has 0 saturated heterocycles. The molecular formula is C47H72O4. The molecule has 0 unspecified atom stereocenters. The van der Waals surface area contributed by atoms with Gasteiger partial charge in [-0.3, -0.25) is 9.59 Å². The van der Waals surface area contributed by atoms with Crippen molar-refractivity contribution in [3.63, 3.8) is 0 Å². The maximum Gasteiger partial charge on any atom is 0.311 e. The van der Waals surface area contributed by atoms with Crippen molar-refractivity contribution in [1.82, 2.24) is 0 Å².